The van der Waals surface area contributed by atoms with Crippen molar-refractivity contribution in [2.45, 2.75) is 37.9 Å². The number of aryl methyl sites for hydroxylation is 1. The number of nitrogens with zero attached hydrogens (tertiary/aromatic N) is 2. The summed E-state index contributed by atoms with van der Waals surface area (Å²) in [6.45, 7) is 5.25. The first-order valence-electron chi connectivity index (χ1n) is 9.68. The van der Waals surface area contributed by atoms with Crippen LogP contribution in [0.15, 0.2) is 48.5 Å². The van der Waals surface area contributed by atoms with E-state index in [1.165, 1.54) is 0 Å². The highest BCUT2D eigenvalue weighted by molar-refractivity contribution is 7.90. The van der Waals surface area contributed by atoms with Crippen LogP contribution in [0.2, 0.25) is 5.02 Å². The molecule has 4 rings (SSSR count). The molecule has 0 saturated carbocycles. The van der Waals surface area contributed by atoms with E-state index in [0.29, 0.717) is 27.8 Å². The highest BCUT2D eigenvalue weighted by atomic mass is 35.5. The van der Waals surface area contributed by atoms with Crippen molar-refractivity contribution in [3.63, 3.8) is 0 Å². The lowest BCUT2D eigenvalue weighted by Crippen LogP contribution is -2.43. The maximum atomic E-state index is 13.1. The molecule has 1 N–H and O–H groups in total. The molecule has 0 spiro atoms. The Kier molecular flexibility index (Phi) is 5.31. The zero-order chi connectivity index (χ0) is 22.4. The van der Waals surface area contributed by atoms with E-state index in [-0.39, 0.29) is 11.5 Å². The molecule has 162 valence electrons. The normalized spacial score (nSPS) is 14.8. The van der Waals surface area contributed by atoms with Crippen molar-refractivity contribution in [2.24, 2.45) is 0 Å². The van der Waals surface area contributed by atoms with Crippen LogP contribution in [-0.4, -0.2) is 29.7 Å². The number of amides is 1. The van der Waals surface area contributed by atoms with Crippen LogP contribution in [0.4, 0.5) is 5.82 Å². The minimum Gasteiger partial charge on any atom is -0.478 e. The number of sulfone groups is 1. The van der Waals surface area contributed by atoms with Crippen LogP contribution in [0, 0.1) is 6.92 Å². The lowest BCUT2D eigenvalue weighted by Gasteiger charge is -2.25. The highest BCUT2D eigenvalue weighted by Crippen LogP contribution is 2.33. The number of halogens is 1. The maximum Gasteiger partial charge on any atom is 0.269 e. The van der Waals surface area contributed by atoms with Crippen LogP contribution in [0.5, 0.6) is 5.75 Å². The minimum absolute atomic E-state index is 0.144. The molecule has 2 heterocycles. The molecule has 31 heavy (non-hydrogen) atoms. The van der Waals surface area contributed by atoms with Gasteiger partial charge in [-0.1, -0.05) is 29.3 Å². The third-order valence-electron chi connectivity index (χ3n) is 5.03. The third-order valence-corrected chi connectivity index (χ3v) is 6.73. The Balaban J connectivity index is 1.67. The molecular weight excluding hydrogens is 438 g/mol. The molecular formula is C22H22ClN3O4S. The summed E-state index contributed by atoms with van der Waals surface area (Å²) in [4.78, 5) is 13.1. The molecule has 0 atom stereocenters. The van der Waals surface area contributed by atoms with Crippen LogP contribution in [0.3, 0.4) is 0 Å². The molecule has 0 unspecified atom stereocenters. The Morgan fingerprint density at radius 2 is 1.74 bits per heavy atom. The van der Waals surface area contributed by atoms with Gasteiger partial charge in [0.25, 0.3) is 5.91 Å². The number of anilines is 1. The molecule has 1 aliphatic heterocycles. The molecule has 2 aromatic carbocycles. The number of ether oxygens (including phenoxy) is 1. The van der Waals surface area contributed by atoms with Gasteiger partial charge in [-0.25, -0.2) is 13.1 Å². The van der Waals surface area contributed by atoms with E-state index >= 15 is 0 Å². The zero-order valence-electron chi connectivity index (χ0n) is 17.3. The summed E-state index contributed by atoms with van der Waals surface area (Å²) < 4.78 is 31.7. The second kappa shape index (κ2) is 7.69. The number of carbonyl (C=O) groups is 1. The first kappa shape index (κ1) is 21.4. The fourth-order valence-electron chi connectivity index (χ4n) is 3.35. The van der Waals surface area contributed by atoms with E-state index in [4.69, 9.17) is 16.3 Å². The molecule has 0 saturated heterocycles. The Hall–Kier alpha value is -2.84. The second-order valence-electron chi connectivity index (χ2n) is 8.07. The monoisotopic (exact) mass is 459 g/mol. The van der Waals surface area contributed by atoms with Gasteiger partial charge in [0.15, 0.2) is 15.4 Å². The van der Waals surface area contributed by atoms with Crippen LogP contribution >= 0.6 is 11.6 Å². The van der Waals surface area contributed by atoms with E-state index in [1.807, 2.05) is 31.2 Å². The minimum atomic E-state index is -3.29. The summed E-state index contributed by atoms with van der Waals surface area (Å²) in [6, 6.07) is 14.3. The van der Waals surface area contributed by atoms with Gasteiger partial charge in [-0.15, -0.1) is 0 Å². The van der Waals surface area contributed by atoms with Gasteiger partial charge in [-0.3, -0.25) is 4.79 Å². The summed E-state index contributed by atoms with van der Waals surface area (Å²) in [5.41, 5.74) is 1.53. The van der Waals surface area contributed by atoms with E-state index in [9.17, 15) is 13.2 Å². The molecule has 0 radical (unpaired) electrons. The quantitative estimate of drug-likeness (QED) is 0.621. The summed E-state index contributed by atoms with van der Waals surface area (Å²) >= 11 is 5.91. The predicted octanol–water partition coefficient (Wildman–Crippen LogP) is 4.06. The molecule has 1 amide bonds. The zero-order valence-corrected chi connectivity index (χ0v) is 18.9. The molecule has 1 aromatic heterocycles. The fourth-order valence-corrected chi connectivity index (χ4v) is 4.97. The first-order chi connectivity index (χ1) is 14.5. The summed E-state index contributed by atoms with van der Waals surface area (Å²) in [5, 5.41) is 7.91. The molecule has 1 aliphatic rings. The van der Waals surface area contributed by atoms with Gasteiger partial charge in [-0.05, 0) is 57.2 Å². The molecule has 3 aromatic rings. The Morgan fingerprint density at radius 1 is 1.10 bits per heavy atom. The summed E-state index contributed by atoms with van der Waals surface area (Å²) in [6.07, 6.45) is 0. The van der Waals surface area contributed by atoms with Crippen molar-refractivity contribution in [1.29, 1.82) is 0 Å². The third kappa shape index (κ3) is 4.45. The van der Waals surface area contributed by atoms with Gasteiger partial charge >= 0.3 is 0 Å². The van der Waals surface area contributed by atoms with Crippen LogP contribution in [0.25, 0.3) is 5.69 Å². The molecule has 9 heteroatoms. The van der Waals surface area contributed by atoms with Crippen molar-refractivity contribution >= 4 is 33.2 Å². The lowest BCUT2D eigenvalue weighted by molar-refractivity contribution is -0.128. The molecule has 0 aliphatic carbocycles. The van der Waals surface area contributed by atoms with Crippen LogP contribution < -0.4 is 10.1 Å². The van der Waals surface area contributed by atoms with Crippen LogP contribution in [0.1, 0.15) is 30.7 Å². The first-order valence-corrected chi connectivity index (χ1v) is 11.9. The van der Waals surface area contributed by atoms with E-state index in [1.54, 1.807) is 42.8 Å². The Bertz CT molecular complexity index is 1250. The molecule has 7 nitrogen and oxygen atoms in total. The number of fused-ring (bicyclic) bond motifs is 1. The lowest BCUT2D eigenvalue weighted by atomic mass is 10.1. The van der Waals surface area contributed by atoms with Gasteiger partial charge in [0.2, 0.25) is 0 Å². The van der Waals surface area contributed by atoms with E-state index in [0.717, 1.165) is 11.3 Å². The van der Waals surface area contributed by atoms with Crippen LogP contribution in [-0.2, 0) is 26.1 Å². The maximum absolute atomic E-state index is 13.1. The Morgan fingerprint density at radius 3 is 2.39 bits per heavy atom. The predicted molar refractivity (Wildman–Crippen MR) is 119 cm³/mol. The number of carbonyl (C=O) groups excluding carboxylic acids is 1. The van der Waals surface area contributed by atoms with Gasteiger partial charge in [0.05, 0.1) is 22.9 Å². The Labute approximate surface area is 185 Å². The van der Waals surface area contributed by atoms with E-state index < -0.39 is 21.3 Å². The van der Waals surface area contributed by atoms with E-state index in [2.05, 4.69) is 10.4 Å². The van der Waals surface area contributed by atoms with Crippen molar-refractivity contribution < 1.29 is 17.9 Å². The smallest absolute Gasteiger partial charge is 0.269 e. The number of aromatic nitrogens is 2. The average molecular weight is 460 g/mol. The van der Waals surface area contributed by atoms with Crippen molar-refractivity contribution in [1.82, 2.24) is 9.78 Å². The van der Waals surface area contributed by atoms with Gasteiger partial charge < -0.3 is 10.1 Å². The number of benzene rings is 2. The number of hydrogen-bond acceptors (Lipinski definition) is 5. The van der Waals surface area contributed by atoms with Gasteiger partial charge in [0.1, 0.15) is 11.6 Å². The van der Waals surface area contributed by atoms with Gasteiger partial charge in [-0.2, -0.15) is 5.10 Å². The number of rotatable bonds is 5. The van der Waals surface area contributed by atoms with Crippen molar-refractivity contribution in [3.8, 4) is 11.4 Å². The average Bonchev–Trinajstić information content (AvgIpc) is 3.16. The second-order valence-corrected chi connectivity index (χ2v) is 10.6. The molecule has 0 fully saturated rings. The largest absolute Gasteiger partial charge is 0.478 e. The number of hydrogen-bond donors (Lipinski definition) is 1. The topological polar surface area (TPSA) is 90.3 Å². The summed E-state index contributed by atoms with van der Waals surface area (Å²) in [7, 11) is -3.29. The molecule has 0 bridgehead atoms. The summed E-state index contributed by atoms with van der Waals surface area (Å²) in [5.74, 6) is 0.0988. The fraction of sp³-hybridized carbons (Fsp3) is 0.273. The highest BCUT2D eigenvalue weighted by Gasteiger charge is 2.36. The SMILES string of the molecule is Cc1ccc(-n2nc3c(c2NC(=O)C(C)(C)Oc2ccc(Cl)cc2)CS(=O)(=O)C3)cc1. The standard InChI is InChI=1S/C22H22ClN3O4S/c1-14-4-8-16(9-5-14)26-20(18-12-31(28,29)13-19(18)25-26)24-21(27)22(2,3)30-17-10-6-15(23)7-11-17/h4-11H,12-13H2,1-3H3,(H,24,27). The van der Waals surface area contributed by atoms with Crippen molar-refractivity contribution in [3.05, 3.63) is 70.4 Å². The van der Waals surface area contributed by atoms with Gasteiger partial charge in [0, 0.05) is 10.6 Å². The van der Waals surface area contributed by atoms with Crippen molar-refractivity contribution in [2.75, 3.05) is 5.32 Å². The number of nitrogens with one attached hydrogen (secondary N) is 1.